The van der Waals surface area contributed by atoms with Crippen LogP contribution in [0.5, 0.6) is 0 Å². The number of pyridine rings is 1. The third-order valence-electron chi connectivity index (χ3n) is 12.1. The summed E-state index contributed by atoms with van der Waals surface area (Å²) in [6.45, 7) is 10.3. The van der Waals surface area contributed by atoms with E-state index in [1.807, 2.05) is 78.2 Å². The van der Waals surface area contributed by atoms with Gasteiger partial charge in [-0.15, -0.1) is 6.42 Å². The van der Waals surface area contributed by atoms with Crippen LogP contribution >= 0.6 is 15.9 Å². The van der Waals surface area contributed by atoms with Gasteiger partial charge >= 0.3 is 6.03 Å². The standard InChI is InChI=1S/C56H68BrN9O10/c1-6-22-66(36-44-30-47-49(32-48(44)57)61-39(5)62-55(47)72)46-17-13-42(14-18-46)53(70)60-33-41-9-8-23-65(35-41)34-40-11-15-45(16-12-40)63-54(71)43(10-7-21-59-56(58)73)31-50(68)52(37(2)3)64-51(69)20-25-75-27-29-76-28-26-74-24-19-38(4)67/h1,8-9,11-18,23,30,32,35,37,43,52H,7,10,19-22,24-29,31,33-34,36H2,2-5H3,(H6-,58,59,60,61,62,63,64,69,70,71,72,73)/p+1/t43-,52+/m1/s1. The fourth-order valence-electron chi connectivity index (χ4n) is 8.08. The summed E-state index contributed by atoms with van der Waals surface area (Å²) in [5.41, 5.74) is 10.1. The minimum Gasteiger partial charge on any atom is -0.379 e. The summed E-state index contributed by atoms with van der Waals surface area (Å²) in [7, 11) is 0. The maximum absolute atomic E-state index is 13.8. The smallest absolute Gasteiger partial charge is 0.312 e. The molecule has 7 N–H and O–H groups in total. The summed E-state index contributed by atoms with van der Waals surface area (Å²) in [5, 5.41) is 11.8. The number of hydrogen-bond donors (Lipinski definition) is 6. The molecule has 0 aliphatic rings. The molecular weight excluding hydrogens is 1040 g/mol. The van der Waals surface area contributed by atoms with Crippen molar-refractivity contribution in [2.24, 2.45) is 17.6 Å². The van der Waals surface area contributed by atoms with Crippen LogP contribution in [0.3, 0.4) is 0 Å². The summed E-state index contributed by atoms with van der Waals surface area (Å²) in [6.07, 6.45) is 10.5. The first-order valence-corrected chi connectivity index (χ1v) is 26.0. The van der Waals surface area contributed by atoms with Crippen molar-refractivity contribution in [1.82, 2.24) is 25.9 Å². The molecule has 0 spiro atoms. The molecule has 0 fully saturated rings. The number of ether oxygens (including phenoxy) is 3. The highest BCUT2D eigenvalue weighted by atomic mass is 79.9. The molecular formula is C56H69BrN9O10+. The Bertz CT molecular complexity index is 2870. The van der Waals surface area contributed by atoms with E-state index in [0.29, 0.717) is 86.9 Å². The van der Waals surface area contributed by atoms with E-state index < -0.39 is 18.0 Å². The molecule has 5 amide bonds. The number of nitrogens with two attached hydrogens (primary N) is 1. The van der Waals surface area contributed by atoms with Gasteiger partial charge in [0.2, 0.25) is 11.8 Å². The van der Waals surface area contributed by atoms with Crippen molar-refractivity contribution in [3.05, 3.63) is 128 Å². The van der Waals surface area contributed by atoms with Gasteiger partial charge < -0.3 is 51.1 Å². The molecule has 76 heavy (non-hydrogen) atoms. The van der Waals surface area contributed by atoms with E-state index in [2.05, 4.69) is 53.1 Å². The molecule has 0 saturated heterocycles. The number of carbonyl (C=O) groups is 6. The van der Waals surface area contributed by atoms with Crippen LogP contribution in [0.1, 0.15) is 85.7 Å². The number of primary amides is 1. The maximum Gasteiger partial charge on any atom is 0.312 e. The second kappa shape index (κ2) is 30.9. The quantitative estimate of drug-likeness (QED) is 0.0179. The van der Waals surface area contributed by atoms with E-state index in [4.69, 9.17) is 26.4 Å². The molecule has 0 aliphatic heterocycles. The summed E-state index contributed by atoms with van der Waals surface area (Å²) >= 11 is 3.63. The first kappa shape index (κ1) is 59.6. The number of aromatic nitrogens is 3. The first-order chi connectivity index (χ1) is 36.5. The van der Waals surface area contributed by atoms with E-state index in [1.165, 1.54) is 6.92 Å². The second-order valence-corrected chi connectivity index (χ2v) is 19.5. The van der Waals surface area contributed by atoms with E-state index >= 15 is 0 Å². The Balaban J connectivity index is 1.10. The van der Waals surface area contributed by atoms with Crippen LogP contribution in [0.2, 0.25) is 0 Å². The van der Waals surface area contributed by atoms with Gasteiger partial charge in [0.15, 0.2) is 24.7 Å². The fraction of sp³-hybridized carbons (Fsp3) is 0.411. The van der Waals surface area contributed by atoms with Gasteiger partial charge in [-0.2, -0.15) is 0 Å². The largest absolute Gasteiger partial charge is 0.379 e. The Kier molecular flexibility index (Phi) is 24.2. The lowest BCUT2D eigenvalue weighted by Crippen LogP contribution is -2.45. The Labute approximate surface area is 451 Å². The highest BCUT2D eigenvalue weighted by Crippen LogP contribution is 2.26. The number of terminal acetylenes is 1. The molecule has 2 aromatic heterocycles. The number of hydrogen-bond acceptors (Lipinski definition) is 12. The molecule has 2 heterocycles. The number of carbonyl (C=O) groups excluding carboxylic acids is 6. The van der Waals surface area contributed by atoms with Gasteiger partial charge in [-0.25, -0.2) is 14.3 Å². The summed E-state index contributed by atoms with van der Waals surface area (Å²) < 4.78 is 19.1. The lowest BCUT2D eigenvalue weighted by Gasteiger charge is -2.24. The van der Waals surface area contributed by atoms with Gasteiger partial charge in [0.1, 0.15) is 11.6 Å². The van der Waals surface area contributed by atoms with Crippen molar-refractivity contribution in [3.63, 3.8) is 0 Å². The SMILES string of the molecule is C#CCN(Cc1cc2c(=O)[nH]c(C)nc2cc1Br)c1ccc(C(=O)NCc2ccc[n+](Cc3ccc(NC(=O)[C@H](CCCNC(N)=O)CC(=O)[C@@H](NC(=O)CCOCCOCCOCCC(C)=O)C(C)C)cc3)c2)cc1. The molecule has 0 saturated carbocycles. The van der Waals surface area contributed by atoms with Crippen LogP contribution in [0.4, 0.5) is 16.2 Å². The van der Waals surface area contributed by atoms with Crippen molar-refractivity contribution >= 4 is 73.5 Å². The molecule has 0 radical (unpaired) electrons. The number of nitrogens with one attached hydrogen (secondary N) is 5. The van der Waals surface area contributed by atoms with Crippen molar-refractivity contribution < 1.29 is 47.5 Å². The van der Waals surface area contributed by atoms with Crippen LogP contribution < -0.4 is 42.0 Å². The zero-order valence-corrected chi connectivity index (χ0v) is 45.2. The Morgan fingerprint density at radius 1 is 0.895 bits per heavy atom. The van der Waals surface area contributed by atoms with Crippen molar-refractivity contribution in [2.75, 3.05) is 62.9 Å². The van der Waals surface area contributed by atoms with Gasteiger partial charge in [-0.3, -0.25) is 28.8 Å². The lowest BCUT2D eigenvalue weighted by atomic mass is 9.89. The molecule has 0 bridgehead atoms. The van der Waals surface area contributed by atoms with E-state index in [1.54, 1.807) is 37.3 Å². The number of amides is 5. The summed E-state index contributed by atoms with van der Waals surface area (Å²) in [6, 6.07) is 20.4. The number of H-pyrrole nitrogens is 1. The number of Topliss-reactive ketones (excluding diaryl/α,β-unsaturated/α-hetero) is 2. The molecule has 3 aromatic carbocycles. The number of fused-ring (bicyclic) bond motifs is 1. The number of benzene rings is 3. The number of halogens is 1. The highest BCUT2D eigenvalue weighted by Gasteiger charge is 2.29. The van der Waals surface area contributed by atoms with Gasteiger partial charge in [0, 0.05) is 83.4 Å². The molecule has 5 rings (SSSR count). The molecule has 404 valence electrons. The monoisotopic (exact) mass is 1110 g/mol. The van der Waals surface area contributed by atoms with Crippen LogP contribution in [0, 0.1) is 31.1 Å². The third-order valence-corrected chi connectivity index (χ3v) is 12.8. The first-order valence-electron chi connectivity index (χ1n) is 25.2. The van der Waals surface area contributed by atoms with Gasteiger partial charge in [0.25, 0.3) is 11.5 Å². The van der Waals surface area contributed by atoms with Gasteiger partial charge in [-0.1, -0.05) is 47.8 Å². The van der Waals surface area contributed by atoms with E-state index in [9.17, 15) is 33.6 Å². The van der Waals surface area contributed by atoms with Crippen molar-refractivity contribution in [2.45, 2.75) is 85.5 Å². The maximum atomic E-state index is 13.8. The van der Waals surface area contributed by atoms with E-state index in [0.717, 1.165) is 26.9 Å². The molecule has 20 heteroatoms. The lowest BCUT2D eigenvalue weighted by molar-refractivity contribution is -0.688. The number of ketones is 2. The second-order valence-electron chi connectivity index (χ2n) is 18.6. The third kappa shape index (κ3) is 20.1. The van der Waals surface area contributed by atoms with Crippen LogP contribution in [0.25, 0.3) is 10.9 Å². The number of aryl methyl sites for hydroxylation is 1. The molecule has 2 atom stereocenters. The average Bonchev–Trinajstić information content (AvgIpc) is 3.38. The normalized spacial score (nSPS) is 11.9. The number of aromatic amines is 1. The molecule has 19 nitrogen and oxygen atoms in total. The Morgan fingerprint density at radius 3 is 2.24 bits per heavy atom. The minimum absolute atomic E-state index is 0.0245. The average molecular weight is 1110 g/mol. The number of urea groups is 1. The Morgan fingerprint density at radius 2 is 1.58 bits per heavy atom. The number of nitrogens with zero attached hydrogens (tertiary/aromatic N) is 3. The van der Waals surface area contributed by atoms with Crippen molar-refractivity contribution in [1.29, 1.82) is 0 Å². The molecule has 0 unspecified atom stereocenters. The topological polar surface area (TPSA) is 257 Å². The fourth-order valence-corrected chi connectivity index (χ4v) is 8.53. The summed E-state index contributed by atoms with van der Waals surface area (Å²) in [5.74, 6) is 0.983. The van der Waals surface area contributed by atoms with Crippen LogP contribution in [0.15, 0.2) is 94.5 Å². The number of anilines is 2. The molecule has 5 aromatic rings. The highest BCUT2D eigenvalue weighted by molar-refractivity contribution is 9.10. The van der Waals surface area contributed by atoms with Crippen LogP contribution in [-0.2, 0) is 53.0 Å². The number of rotatable bonds is 32. The zero-order chi connectivity index (χ0) is 55.0. The Hall–Kier alpha value is -7.31. The predicted octanol–water partition coefficient (Wildman–Crippen LogP) is 5.42. The molecule has 0 aliphatic carbocycles. The summed E-state index contributed by atoms with van der Waals surface area (Å²) in [4.78, 5) is 97.8. The van der Waals surface area contributed by atoms with Gasteiger partial charge in [-0.05, 0) is 92.8 Å². The predicted molar refractivity (Wildman–Crippen MR) is 292 cm³/mol. The zero-order valence-electron chi connectivity index (χ0n) is 43.6. The van der Waals surface area contributed by atoms with Crippen molar-refractivity contribution in [3.8, 4) is 12.3 Å². The van der Waals surface area contributed by atoms with E-state index in [-0.39, 0.29) is 86.3 Å². The van der Waals surface area contributed by atoms with Gasteiger partial charge in [0.05, 0.1) is 63.1 Å². The minimum atomic E-state index is -0.838. The van der Waals surface area contributed by atoms with Crippen LogP contribution in [-0.4, -0.2) is 104 Å².